The van der Waals surface area contributed by atoms with Crippen molar-refractivity contribution in [3.63, 3.8) is 0 Å². The van der Waals surface area contributed by atoms with E-state index in [-0.39, 0.29) is 6.61 Å². The summed E-state index contributed by atoms with van der Waals surface area (Å²) >= 11 is 0. The van der Waals surface area contributed by atoms with Crippen molar-refractivity contribution >= 4 is 0 Å². The van der Waals surface area contributed by atoms with Gasteiger partial charge in [0.2, 0.25) is 5.88 Å². The van der Waals surface area contributed by atoms with E-state index in [9.17, 15) is 4.39 Å². The second-order valence-electron chi connectivity index (χ2n) is 8.13. The maximum Gasteiger partial charge on any atom is 0.213 e. The van der Waals surface area contributed by atoms with Gasteiger partial charge in [0.1, 0.15) is 12.4 Å². The summed E-state index contributed by atoms with van der Waals surface area (Å²) in [5.41, 5.74) is 2.37. The van der Waals surface area contributed by atoms with Crippen molar-refractivity contribution in [2.45, 2.75) is 51.0 Å². The third kappa shape index (κ3) is 4.18. The Hall–Kier alpha value is -2.45. The fraction of sp³-hybridized carbons (Fsp3) is 0.478. The van der Waals surface area contributed by atoms with Gasteiger partial charge in [-0.25, -0.2) is 9.37 Å². The molecule has 2 aromatic rings. The number of ether oxygens (including phenoxy) is 1. The summed E-state index contributed by atoms with van der Waals surface area (Å²) in [5.74, 6) is 0.592. The number of hydrogen-bond donors (Lipinski definition) is 1. The lowest BCUT2D eigenvalue weighted by atomic mass is 9.65. The van der Waals surface area contributed by atoms with Crippen LogP contribution in [-0.4, -0.2) is 18.1 Å². The molecule has 1 N–H and O–H groups in total. The van der Waals surface area contributed by atoms with Crippen molar-refractivity contribution in [1.29, 1.82) is 5.26 Å². The van der Waals surface area contributed by atoms with E-state index < -0.39 is 5.82 Å². The minimum Gasteiger partial charge on any atom is -0.473 e. The summed E-state index contributed by atoms with van der Waals surface area (Å²) in [6.45, 7) is 2.41. The first-order valence-corrected chi connectivity index (χ1v) is 10.2. The van der Waals surface area contributed by atoms with Crippen molar-refractivity contribution < 1.29 is 9.13 Å². The minimum atomic E-state index is -0.422. The molecule has 1 saturated carbocycles. The molecule has 5 heteroatoms. The number of pyridine rings is 1. The van der Waals surface area contributed by atoms with Gasteiger partial charge in [-0.05, 0) is 75.2 Å². The first-order chi connectivity index (χ1) is 13.7. The maximum atomic E-state index is 14.0. The average Bonchev–Trinajstić information content (AvgIpc) is 2.74. The van der Waals surface area contributed by atoms with Crippen LogP contribution in [0.5, 0.6) is 5.88 Å². The predicted molar refractivity (Wildman–Crippen MR) is 105 cm³/mol. The molecule has 1 aliphatic heterocycles. The van der Waals surface area contributed by atoms with E-state index in [2.05, 4.69) is 11.4 Å². The number of nitriles is 1. The quantitative estimate of drug-likeness (QED) is 0.837. The third-order valence-corrected chi connectivity index (χ3v) is 6.43. The van der Waals surface area contributed by atoms with Gasteiger partial charge in [-0.2, -0.15) is 5.26 Å². The molecule has 0 unspecified atom stereocenters. The molecule has 4 rings (SSSR count). The number of aromatic nitrogens is 1. The van der Waals surface area contributed by atoms with Crippen LogP contribution in [0.3, 0.4) is 0 Å². The Morgan fingerprint density at radius 3 is 2.64 bits per heavy atom. The number of nitrogens with one attached hydrogen (secondary N) is 1. The van der Waals surface area contributed by atoms with Gasteiger partial charge in [-0.1, -0.05) is 12.1 Å². The third-order valence-electron chi connectivity index (χ3n) is 6.43. The van der Waals surface area contributed by atoms with Crippen molar-refractivity contribution in [1.82, 2.24) is 10.3 Å². The lowest BCUT2D eigenvalue weighted by molar-refractivity contribution is 0.122. The molecule has 146 valence electrons. The van der Waals surface area contributed by atoms with Gasteiger partial charge in [0.25, 0.3) is 0 Å². The largest absolute Gasteiger partial charge is 0.473 e. The van der Waals surface area contributed by atoms with Crippen molar-refractivity contribution in [3.05, 3.63) is 59.0 Å². The summed E-state index contributed by atoms with van der Waals surface area (Å²) < 4.78 is 19.8. The minimum absolute atomic E-state index is 0.106. The molecule has 1 aromatic carbocycles. The molecule has 28 heavy (non-hydrogen) atoms. The van der Waals surface area contributed by atoms with Gasteiger partial charge in [0, 0.05) is 23.2 Å². The molecule has 1 saturated heterocycles. The summed E-state index contributed by atoms with van der Waals surface area (Å²) in [6.07, 6.45) is 7.52. The van der Waals surface area contributed by atoms with Crippen LogP contribution in [0.25, 0.3) is 0 Å². The van der Waals surface area contributed by atoms with Crippen LogP contribution in [0.2, 0.25) is 0 Å². The number of rotatable bonds is 4. The number of piperidine rings is 1. The molecule has 2 aliphatic rings. The topological polar surface area (TPSA) is 57.9 Å². The van der Waals surface area contributed by atoms with Crippen LogP contribution in [0.1, 0.15) is 61.3 Å². The Kier molecular flexibility index (Phi) is 5.59. The highest BCUT2D eigenvalue weighted by atomic mass is 19.1. The summed E-state index contributed by atoms with van der Waals surface area (Å²) in [4.78, 5) is 4.70. The molecular formula is C23H26FN3O. The fourth-order valence-corrected chi connectivity index (χ4v) is 4.61. The van der Waals surface area contributed by atoms with Crippen LogP contribution >= 0.6 is 0 Å². The molecule has 1 aromatic heterocycles. The first kappa shape index (κ1) is 18.9. The zero-order valence-electron chi connectivity index (χ0n) is 16.1. The van der Waals surface area contributed by atoms with Gasteiger partial charge < -0.3 is 10.1 Å². The maximum absolute atomic E-state index is 14.0. The van der Waals surface area contributed by atoms with Crippen LogP contribution in [0, 0.1) is 22.6 Å². The second-order valence-corrected chi connectivity index (χ2v) is 8.13. The van der Waals surface area contributed by atoms with Gasteiger partial charge in [-0.15, -0.1) is 0 Å². The Morgan fingerprint density at radius 1 is 1.14 bits per heavy atom. The number of benzene rings is 1. The average molecular weight is 379 g/mol. The van der Waals surface area contributed by atoms with Gasteiger partial charge in [0.05, 0.1) is 11.6 Å². The Morgan fingerprint density at radius 2 is 1.93 bits per heavy atom. The van der Waals surface area contributed by atoms with Crippen LogP contribution in [0.15, 0.2) is 36.4 Å². The first-order valence-electron chi connectivity index (χ1n) is 10.2. The van der Waals surface area contributed by atoms with E-state index >= 15 is 0 Å². The van der Waals surface area contributed by atoms with Crippen LogP contribution < -0.4 is 10.1 Å². The standard InChI is InChI=1S/C23H26FN3O/c24-20-14-17(15-25)4-5-19(20)16-28-22-3-1-2-21(27-22)18-6-8-23(9-7-18)10-12-26-13-11-23/h1-5,14,18,26H,6-13,16H2. The number of hydrogen-bond acceptors (Lipinski definition) is 4. The van der Waals surface area contributed by atoms with E-state index in [0.717, 1.165) is 18.8 Å². The summed E-state index contributed by atoms with van der Waals surface area (Å²) in [7, 11) is 0. The van der Waals surface area contributed by atoms with E-state index in [4.69, 9.17) is 15.0 Å². The zero-order valence-corrected chi connectivity index (χ0v) is 16.1. The molecular weight excluding hydrogens is 353 g/mol. The summed E-state index contributed by atoms with van der Waals surface area (Å²) in [5, 5.41) is 12.3. The van der Waals surface area contributed by atoms with Crippen LogP contribution in [0.4, 0.5) is 4.39 Å². The Bertz CT molecular complexity index is 860. The highest BCUT2D eigenvalue weighted by molar-refractivity contribution is 5.33. The highest BCUT2D eigenvalue weighted by Gasteiger charge is 2.36. The molecule has 2 heterocycles. The van der Waals surface area contributed by atoms with Gasteiger partial charge in [-0.3, -0.25) is 0 Å². The monoisotopic (exact) mass is 379 g/mol. The second kappa shape index (κ2) is 8.28. The zero-order chi connectivity index (χ0) is 19.4. The summed E-state index contributed by atoms with van der Waals surface area (Å²) in [6, 6.07) is 12.2. The molecule has 0 amide bonds. The van der Waals surface area contributed by atoms with Crippen LogP contribution in [-0.2, 0) is 6.61 Å². The smallest absolute Gasteiger partial charge is 0.213 e. The van der Waals surface area contributed by atoms with E-state index in [1.807, 2.05) is 18.2 Å². The predicted octanol–water partition coefficient (Wildman–Crippen LogP) is 4.70. The molecule has 2 fully saturated rings. The van der Waals surface area contributed by atoms with E-state index in [0.29, 0.717) is 28.3 Å². The molecule has 1 aliphatic carbocycles. The van der Waals surface area contributed by atoms with Crippen molar-refractivity contribution in [3.8, 4) is 11.9 Å². The fourth-order valence-electron chi connectivity index (χ4n) is 4.61. The SMILES string of the molecule is N#Cc1ccc(COc2cccc(C3CCC4(CCNCC4)CC3)n2)c(F)c1. The molecule has 0 bridgehead atoms. The van der Waals surface area contributed by atoms with Gasteiger partial charge >= 0.3 is 0 Å². The highest BCUT2D eigenvalue weighted by Crippen LogP contribution is 2.47. The van der Waals surface area contributed by atoms with E-state index in [1.165, 1.54) is 44.6 Å². The number of halogens is 1. The molecule has 0 atom stereocenters. The number of nitrogens with zero attached hydrogens (tertiary/aromatic N) is 2. The molecule has 1 spiro atoms. The lowest BCUT2D eigenvalue weighted by Gasteiger charge is -2.43. The van der Waals surface area contributed by atoms with Crippen molar-refractivity contribution in [2.24, 2.45) is 5.41 Å². The normalized spacial score (nSPS) is 19.3. The molecule has 0 radical (unpaired) electrons. The lowest BCUT2D eigenvalue weighted by Crippen LogP contribution is -2.38. The van der Waals surface area contributed by atoms with Crippen molar-refractivity contribution in [2.75, 3.05) is 13.1 Å². The van der Waals surface area contributed by atoms with E-state index in [1.54, 1.807) is 12.1 Å². The Labute approximate surface area is 165 Å². The Balaban J connectivity index is 1.38. The molecule has 4 nitrogen and oxygen atoms in total. The van der Waals surface area contributed by atoms with Gasteiger partial charge in [0.15, 0.2) is 0 Å².